The Bertz CT molecular complexity index is 1310. The highest BCUT2D eigenvalue weighted by molar-refractivity contribution is 6.01. The summed E-state index contributed by atoms with van der Waals surface area (Å²) in [7, 11) is 0. The average molecular weight is 442 g/mol. The third kappa shape index (κ3) is 3.94. The van der Waals surface area contributed by atoms with Crippen LogP contribution in [0.4, 0.5) is 4.39 Å². The number of halogens is 1. The standard InChI is InChI=1S/C27H24FN3O2/c1-17-5-4-8-23(26(17)25-14-24(29-30-25)18-9-11-21(28)12-10-18)27(33)31-15-20-7-3-2-6-19(20)13-22(31)16-32/h2-12,14,22,32H,13,15-16H2,1H3,(H,29,30)/t22-/m0/s1. The molecule has 1 aromatic heterocycles. The smallest absolute Gasteiger partial charge is 0.255 e. The fourth-order valence-electron chi connectivity index (χ4n) is 4.56. The van der Waals surface area contributed by atoms with Crippen molar-refractivity contribution < 1.29 is 14.3 Å². The Hall–Kier alpha value is -3.77. The lowest BCUT2D eigenvalue weighted by Crippen LogP contribution is -2.46. The number of fused-ring (bicyclic) bond motifs is 1. The minimum Gasteiger partial charge on any atom is -0.394 e. The highest BCUT2D eigenvalue weighted by Gasteiger charge is 2.31. The summed E-state index contributed by atoms with van der Waals surface area (Å²) in [5, 5.41) is 17.5. The molecule has 0 fully saturated rings. The fraction of sp³-hybridized carbons (Fsp3) is 0.185. The van der Waals surface area contributed by atoms with Crippen LogP contribution in [0.3, 0.4) is 0 Å². The lowest BCUT2D eigenvalue weighted by Gasteiger charge is -2.36. The van der Waals surface area contributed by atoms with E-state index in [-0.39, 0.29) is 24.4 Å². The van der Waals surface area contributed by atoms with Crippen molar-refractivity contribution >= 4 is 5.91 Å². The lowest BCUT2D eigenvalue weighted by atomic mass is 9.92. The summed E-state index contributed by atoms with van der Waals surface area (Å²) in [4.78, 5) is 15.5. The maximum Gasteiger partial charge on any atom is 0.255 e. The second kappa shape index (κ2) is 8.64. The Morgan fingerprint density at radius 3 is 2.61 bits per heavy atom. The first kappa shape index (κ1) is 21.1. The van der Waals surface area contributed by atoms with Crippen LogP contribution in [-0.2, 0) is 13.0 Å². The van der Waals surface area contributed by atoms with Crippen LogP contribution in [0.1, 0.15) is 27.0 Å². The summed E-state index contributed by atoms with van der Waals surface area (Å²) in [6.45, 7) is 2.32. The number of hydrogen-bond donors (Lipinski definition) is 2. The molecule has 0 saturated carbocycles. The molecule has 0 spiro atoms. The molecule has 0 radical (unpaired) electrons. The van der Waals surface area contributed by atoms with Crippen molar-refractivity contribution in [2.45, 2.75) is 25.9 Å². The number of nitrogens with one attached hydrogen (secondary N) is 1. The maximum absolute atomic E-state index is 13.8. The highest BCUT2D eigenvalue weighted by atomic mass is 19.1. The Balaban J connectivity index is 1.53. The van der Waals surface area contributed by atoms with E-state index in [1.54, 1.807) is 17.0 Å². The molecule has 0 aliphatic carbocycles. The molecular weight excluding hydrogens is 417 g/mol. The second-order valence-corrected chi connectivity index (χ2v) is 8.41. The van der Waals surface area contributed by atoms with Gasteiger partial charge in [-0.25, -0.2) is 4.39 Å². The predicted octanol–water partition coefficient (Wildman–Crippen LogP) is 4.75. The highest BCUT2D eigenvalue weighted by Crippen LogP contribution is 2.32. The number of carbonyl (C=O) groups is 1. The first-order valence-electron chi connectivity index (χ1n) is 10.9. The van der Waals surface area contributed by atoms with Crippen LogP contribution in [0.5, 0.6) is 0 Å². The normalized spacial score (nSPS) is 15.4. The van der Waals surface area contributed by atoms with Gasteiger partial charge in [-0.15, -0.1) is 0 Å². The molecule has 1 atom stereocenters. The first-order valence-corrected chi connectivity index (χ1v) is 10.9. The SMILES string of the molecule is Cc1cccc(C(=O)N2Cc3ccccc3C[C@H]2CO)c1-c1cc(-c2ccc(F)cc2)n[nH]1. The zero-order valence-corrected chi connectivity index (χ0v) is 18.3. The zero-order valence-electron chi connectivity index (χ0n) is 18.3. The van der Waals surface area contributed by atoms with Gasteiger partial charge in [0.15, 0.2) is 0 Å². The fourth-order valence-corrected chi connectivity index (χ4v) is 4.56. The Labute approximate surface area is 191 Å². The second-order valence-electron chi connectivity index (χ2n) is 8.41. The summed E-state index contributed by atoms with van der Waals surface area (Å²) in [5.41, 5.74) is 6.72. The van der Waals surface area contributed by atoms with E-state index in [2.05, 4.69) is 16.3 Å². The van der Waals surface area contributed by atoms with E-state index in [1.807, 2.05) is 49.4 Å². The summed E-state index contributed by atoms with van der Waals surface area (Å²) >= 11 is 0. The number of aliphatic hydroxyl groups is 1. The lowest BCUT2D eigenvalue weighted by molar-refractivity contribution is 0.0545. The monoisotopic (exact) mass is 441 g/mol. The number of benzene rings is 3. The molecule has 1 aliphatic heterocycles. The van der Waals surface area contributed by atoms with E-state index in [9.17, 15) is 14.3 Å². The van der Waals surface area contributed by atoms with Gasteiger partial charge in [-0.2, -0.15) is 5.10 Å². The van der Waals surface area contributed by atoms with Gasteiger partial charge in [0.25, 0.3) is 5.91 Å². The van der Waals surface area contributed by atoms with E-state index < -0.39 is 0 Å². The molecular formula is C27H24FN3O2. The van der Waals surface area contributed by atoms with Crippen LogP contribution in [0, 0.1) is 12.7 Å². The van der Waals surface area contributed by atoms with Crippen molar-refractivity contribution in [3.63, 3.8) is 0 Å². The number of aromatic nitrogens is 2. The number of carbonyl (C=O) groups excluding carboxylic acids is 1. The average Bonchev–Trinajstić information content (AvgIpc) is 3.32. The molecule has 2 heterocycles. The van der Waals surface area contributed by atoms with Crippen molar-refractivity contribution in [3.8, 4) is 22.5 Å². The van der Waals surface area contributed by atoms with Gasteiger partial charge in [0, 0.05) is 23.2 Å². The molecule has 33 heavy (non-hydrogen) atoms. The van der Waals surface area contributed by atoms with Crippen LogP contribution < -0.4 is 0 Å². The summed E-state index contributed by atoms with van der Waals surface area (Å²) < 4.78 is 13.3. The Morgan fingerprint density at radius 2 is 1.85 bits per heavy atom. The molecule has 5 nitrogen and oxygen atoms in total. The predicted molar refractivity (Wildman–Crippen MR) is 125 cm³/mol. The number of aryl methyl sites for hydroxylation is 1. The maximum atomic E-state index is 13.8. The molecule has 0 bridgehead atoms. The molecule has 4 aromatic rings. The third-order valence-corrected chi connectivity index (χ3v) is 6.32. The van der Waals surface area contributed by atoms with E-state index in [0.29, 0.717) is 29.9 Å². The van der Waals surface area contributed by atoms with Gasteiger partial charge in [0.2, 0.25) is 0 Å². The molecule has 5 rings (SSSR count). The van der Waals surface area contributed by atoms with Crippen LogP contribution in [-0.4, -0.2) is 38.8 Å². The molecule has 2 N–H and O–H groups in total. The molecule has 1 aliphatic rings. The van der Waals surface area contributed by atoms with Gasteiger partial charge in [-0.1, -0.05) is 36.4 Å². The van der Waals surface area contributed by atoms with Crippen molar-refractivity contribution in [3.05, 3.63) is 101 Å². The van der Waals surface area contributed by atoms with Crippen molar-refractivity contribution in [2.75, 3.05) is 6.61 Å². The van der Waals surface area contributed by atoms with Crippen molar-refractivity contribution in [1.82, 2.24) is 15.1 Å². The molecule has 0 saturated heterocycles. The van der Waals surface area contributed by atoms with Gasteiger partial charge < -0.3 is 10.0 Å². The number of amides is 1. The Kier molecular flexibility index (Phi) is 5.52. The van der Waals surface area contributed by atoms with E-state index in [1.165, 1.54) is 17.7 Å². The van der Waals surface area contributed by atoms with Gasteiger partial charge in [0.1, 0.15) is 5.82 Å². The minimum absolute atomic E-state index is 0.0972. The van der Waals surface area contributed by atoms with Crippen LogP contribution >= 0.6 is 0 Å². The summed E-state index contributed by atoms with van der Waals surface area (Å²) in [5.74, 6) is -0.428. The number of H-pyrrole nitrogens is 1. The van der Waals surface area contributed by atoms with Crippen LogP contribution in [0.15, 0.2) is 72.8 Å². The summed E-state index contributed by atoms with van der Waals surface area (Å²) in [6.07, 6.45) is 0.623. The van der Waals surface area contributed by atoms with Crippen molar-refractivity contribution in [2.24, 2.45) is 0 Å². The first-order chi connectivity index (χ1) is 16.0. The molecule has 0 unspecified atom stereocenters. The third-order valence-electron chi connectivity index (χ3n) is 6.32. The van der Waals surface area contributed by atoms with Gasteiger partial charge in [-0.05, 0) is 66.4 Å². The molecule has 166 valence electrons. The van der Waals surface area contributed by atoms with Crippen molar-refractivity contribution in [1.29, 1.82) is 0 Å². The van der Waals surface area contributed by atoms with E-state index in [4.69, 9.17) is 0 Å². The van der Waals surface area contributed by atoms with Gasteiger partial charge >= 0.3 is 0 Å². The van der Waals surface area contributed by atoms with Gasteiger partial charge in [0.05, 0.1) is 24.0 Å². The van der Waals surface area contributed by atoms with Crippen LogP contribution in [0.2, 0.25) is 0 Å². The topological polar surface area (TPSA) is 69.2 Å². The summed E-state index contributed by atoms with van der Waals surface area (Å²) in [6, 6.07) is 21.4. The molecule has 6 heteroatoms. The van der Waals surface area contributed by atoms with E-state index >= 15 is 0 Å². The quantitative estimate of drug-likeness (QED) is 0.480. The number of hydrogen-bond acceptors (Lipinski definition) is 3. The largest absolute Gasteiger partial charge is 0.394 e. The molecule has 1 amide bonds. The Morgan fingerprint density at radius 1 is 1.09 bits per heavy atom. The zero-order chi connectivity index (χ0) is 22.9. The van der Waals surface area contributed by atoms with E-state index in [0.717, 1.165) is 22.3 Å². The minimum atomic E-state index is -0.303. The van der Waals surface area contributed by atoms with Crippen LogP contribution in [0.25, 0.3) is 22.5 Å². The number of aliphatic hydroxyl groups excluding tert-OH is 1. The number of aromatic amines is 1. The molecule has 3 aromatic carbocycles. The number of nitrogens with zero attached hydrogens (tertiary/aromatic N) is 2. The number of rotatable bonds is 4. The van der Waals surface area contributed by atoms with Gasteiger partial charge in [-0.3, -0.25) is 9.89 Å².